The van der Waals surface area contributed by atoms with E-state index in [4.69, 9.17) is 21.7 Å². The molecule has 0 spiro atoms. The maximum Gasteiger partial charge on any atom is 0.218 e. The van der Waals surface area contributed by atoms with Crippen molar-refractivity contribution in [1.29, 1.82) is 5.41 Å². The summed E-state index contributed by atoms with van der Waals surface area (Å²) >= 11 is 5.85. The number of aliphatic imine (C=N–C) groups is 2. The maximum atomic E-state index is 14.1. The van der Waals surface area contributed by atoms with Crippen molar-refractivity contribution in [2.75, 3.05) is 7.11 Å². The van der Waals surface area contributed by atoms with Gasteiger partial charge in [-0.05, 0) is 68.4 Å². The largest absolute Gasteiger partial charge is 0.484 e. The number of methoxy groups -OCH3 is 1. The van der Waals surface area contributed by atoms with Crippen molar-refractivity contribution in [3.63, 3.8) is 0 Å². The van der Waals surface area contributed by atoms with Gasteiger partial charge in [0.15, 0.2) is 12.1 Å². The molecule has 6 heteroatoms. The van der Waals surface area contributed by atoms with E-state index in [1.54, 1.807) is 14.0 Å². The molecule has 0 aromatic heterocycles. The predicted octanol–water partition coefficient (Wildman–Crippen LogP) is 4.22. The third-order valence-electron chi connectivity index (χ3n) is 5.61. The van der Waals surface area contributed by atoms with E-state index in [0.717, 1.165) is 25.2 Å². The molecule has 2 aliphatic carbocycles. The Labute approximate surface area is 142 Å². The van der Waals surface area contributed by atoms with Crippen molar-refractivity contribution in [3.05, 3.63) is 0 Å². The van der Waals surface area contributed by atoms with E-state index in [1.807, 2.05) is 0 Å². The quantitative estimate of drug-likeness (QED) is 0.454. The van der Waals surface area contributed by atoms with Crippen LogP contribution >= 0.6 is 11.6 Å². The zero-order valence-electron chi connectivity index (χ0n) is 13.8. The molecule has 3 rings (SSSR count). The number of nitrogens with zero attached hydrogens (tertiary/aromatic N) is 2. The van der Waals surface area contributed by atoms with Crippen LogP contribution < -0.4 is 0 Å². The standard InChI is InChI=1S/C17H25ClFN3O/c1-9-15(19)14(22-17(18)21-9)5-3-4-10-6-11-8-12(11)13(7-10)16(20)23-2/h9-13,15,20H,3-8H2,1-2H3/t9?,10?,11-,12+,13-,15?/m0/s1. The molecule has 0 aromatic rings. The Morgan fingerprint density at radius 3 is 2.91 bits per heavy atom. The highest BCUT2D eigenvalue weighted by Crippen LogP contribution is 2.55. The Morgan fingerprint density at radius 1 is 1.39 bits per heavy atom. The van der Waals surface area contributed by atoms with Gasteiger partial charge in [-0.2, -0.15) is 0 Å². The summed E-state index contributed by atoms with van der Waals surface area (Å²) in [5.74, 6) is 2.80. The number of amidine groups is 1. The van der Waals surface area contributed by atoms with Crippen molar-refractivity contribution < 1.29 is 9.13 Å². The fourth-order valence-electron chi connectivity index (χ4n) is 4.27. The second-order valence-electron chi connectivity index (χ2n) is 7.21. The predicted molar refractivity (Wildman–Crippen MR) is 91.5 cm³/mol. The van der Waals surface area contributed by atoms with Crippen molar-refractivity contribution in [2.24, 2.45) is 33.7 Å². The van der Waals surface area contributed by atoms with Crippen LogP contribution in [0, 0.1) is 29.1 Å². The third-order valence-corrected chi connectivity index (χ3v) is 5.79. The molecule has 23 heavy (non-hydrogen) atoms. The smallest absolute Gasteiger partial charge is 0.218 e. The van der Waals surface area contributed by atoms with Crippen LogP contribution in [-0.4, -0.2) is 36.2 Å². The number of hydrogen-bond acceptors (Lipinski definition) is 4. The highest BCUT2D eigenvalue weighted by atomic mass is 35.5. The highest BCUT2D eigenvalue weighted by molar-refractivity contribution is 6.65. The molecular weight excluding hydrogens is 317 g/mol. The number of rotatable bonds is 5. The molecule has 0 saturated heterocycles. The van der Waals surface area contributed by atoms with E-state index < -0.39 is 12.2 Å². The second kappa shape index (κ2) is 6.88. The Balaban J connectivity index is 1.49. The van der Waals surface area contributed by atoms with Crippen LogP contribution in [0.25, 0.3) is 0 Å². The van der Waals surface area contributed by atoms with Gasteiger partial charge in [-0.25, -0.2) is 14.4 Å². The van der Waals surface area contributed by atoms with Gasteiger partial charge in [0.05, 0.1) is 18.9 Å². The summed E-state index contributed by atoms with van der Waals surface area (Å²) in [7, 11) is 1.60. The SMILES string of the molecule is COC(=N)[C@H]1CC(CCCC2=NC(Cl)=NC(C)C2F)C[C@H]2C[C@H]21. The van der Waals surface area contributed by atoms with E-state index in [1.165, 1.54) is 12.8 Å². The second-order valence-corrected chi connectivity index (χ2v) is 7.55. The minimum Gasteiger partial charge on any atom is -0.484 e. The van der Waals surface area contributed by atoms with Gasteiger partial charge in [0, 0.05) is 5.92 Å². The van der Waals surface area contributed by atoms with E-state index >= 15 is 0 Å². The molecule has 0 amide bonds. The summed E-state index contributed by atoms with van der Waals surface area (Å²) in [5, 5.41) is 8.14. The number of alkyl halides is 1. The third kappa shape index (κ3) is 3.76. The van der Waals surface area contributed by atoms with E-state index in [9.17, 15) is 4.39 Å². The van der Waals surface area contributed by atoms with Gasteiger partial charge in [0.2, 0.25) is 5.29 Å². The molecule has 2 fully saturated rings. The molecule has 3 aliphatic rings. The number of hydrogen-bond donors (Lipinski definition) is 1. The number of nitrogens with one attached hydrogen (secondary N) is 1. The zero-order valence-corrected chi connectivity index (χ0v) is 14.5. The Kier molecular flexibility index (Phi) is 5.04. The van der Waals surface area contributed by atoms with Crippen LogP contribution in [0.3, 0.4) is 0 Å². The number of halogens is 2. The monoisotopic (exact) mass is 341 g/mol. The molecule has 4 nitrogen and oxygen atoms in total. The maximum absolute atomic E-state index is 14.1. The molecule has 3 unspecified atom stereocenters. The zero-order chi connectivity index (χ0) is 16.6. The summed E-state index contributed by atoms with van der Waals surface area (Å²) in [4.78, 5) is 8.03. The van der Waals surface area contributed by atoms with Gasteiger partial charge in [0.1, 0.15) is 0 Å². The average Bonchev–Trinajstić information content (AvgIpc) is 3.29. The molecule has 128 valence electrons. The molecule has 0 bridgehead atoms. The summed E-state index contributed by atoms with van der Waals surface area (Å²) < 4.78 is 19.3. The number of fused-ring (bicyclic) bond motifs is 1. The van der Waals surface area contributed by atoms with E-state index in [0.29, 0.717) is 35.8 Å². The van der Waals surface area contributed by atoms with E-state index in [-0.39, 0.29) is 5.29 Å². The van der Waals surface area contributed by atoms with Gasteiger partial charge in [0.25, 0.3) is 0 Å². The topological polar surface area (TPSA) is 57.8 Å². The first-order chi connectivity index (χ1) is 11.0. The lowest BCUT2D eigenvalue weighted by Gasteiger charge is -2.28. The van der Waals surface area contributed by atoms with Crippen LogP contribution in [0.1, 0.15) is 45.4 Å². The minimum absolute atomic E-state index is 0.175. The first-order valence-corrected chi connectivity index (χ1v) is 8.94. The van der Waals surface area contributed by atoms with Gasteiger partial charge >= 0.3 is 0 Å². The molecule has 0 radical (unpaired) electrons. The van der Waals surface area contributed by atoms with Crippen LogP contribution in [0.4, 0.5) is 4.39 Å². The lowest BCUT2D eigenvalue weighted by molar-refractivity contribution is 0.248. The summed E-state index contributed by atoms with van der Waals surface area (Å²) in [6.07, 6.45) is 5.06. The van der Waals surface area contributed by atoms with Crippen LogP contribution in [0.2, 0.25) is 0 Å². The van der Waals surface area contributed by atoms with Gasteiger partial charge in [-0.1, -0.05) is 6.42 Å². The van der Waals surface area contributed by atoms with Gasteiger partial charge in [-0.15, -0.1) is 0 Å². The Hall–Kier alpha value is -0.970. The molecule has 1 heterocycles. The fourth-order valence-corrected chi connectivity index (χ4v) is 4.53. The highest BCUT2D eigenvalue weighted by Gasteiger charge is 2.50. The van der Waals surface area contributed by atoms with Gasteiger partial charge in [-0.3, -0.25) is 5.41 Å². The minimum atomic E-state index is -1.11. The average molecular weight is 342 g/mol. The first kappa shape index (κ1) is 16.9. The van der Waals surface area contributed by atoms with Crippen LogP contribution in [0.5, 0.6) is 0 Å². The molecule has 1 N–H and O–H groups in total. The van der Waals surface area contributed by atoms with Crippen LogP contribution in [0.15, 0.2) is 9.98 Å². The molecule has 6 atom stereocenters. The fraction of sp³-hybridized carbons (Fsp3) is 0.824. The van der Waals surface area contributed by atoms with Crippen LogP contribution in [-0.2, 0) is 4.74 Å². The molecule has 0 aromatic carbocycles. The Morgan fingerprint density at radius 2 is 2.17 bits per heavy atom. The van der Waals surface area contributed by atoms with Crippen molar-refractivity contribution in [1.82, 2.24) is 0 Å². The van der Waals surface area contributed by atoms with Gasteiger partial charge < -0.3 is 4.74 Å². The van der Waals surface area contributed by atoms with Crippen molar-refractivity contribution in [2.45, 2.75) is 57.7 Å². The normalized spacial score (nSPS) is 39.1. The number of ether oxygens (including phenoxy) is 1. The lowest BCUT2D eigenvalue weighted by Crippen LogP contribution is -2.31. The molecule has 1 aliphatic heterocycles. The van der Waals surface area contributed by atoms with Crippen molar-refractivity contribution >= 4 is 28.5 Å². The Bertz CT molecular complexity index is 536. The van der Waals surface area contributed by atoms with E-state index in [2.05, 4.69) is 9.98 Å². The molecule has 2 saturated carbocycles. The van der Waals surface area contributed by atoms with Crippen molar-refractivity contribution in [3.8, 4) is 0 Å². The first-order valence-electron chi connectivity index (χ1n) is 8.56. The lowest BCUT2D eigenvalue weighted by atomic mass is 9.79. The summed E-state index contributed by atoms with van der Waals surface area (Å²) in [6.45, 7) is 1.73. The summed E-state index contributed by atoms with van der Waals surface area (Å²) in [5.41, 5.74) is 0.541. The summed E-state index contributed by atoms with van der Waals surface area (Å²) in [6, 6.07) is -0.427. The molecular formula is C17H25ClFN3O.